The summed E-state index contributed by atoms with van der Waals surface area (Å²) in [5.41, 5.74) is 0.724. The molecule has 0 aromatic heterocycles. The van der Waals surface area contributed by atoms with E-state index in [4.69, 9.17) is 9.47 Å². The minimum Gasteiger partial charge on any atom is -0.497 e. The van der Waals surface area contributed by atoms with E-state index in [0.717, 1.165) is 18.4 Å². The molecule has 0 spiro atoms. The molecule has 1 saturated heterocycles. The van der Waals surface area contributed by atoms with Gasteiger partial charge in [0.25, 0.3) is 0 Å². The van der Waals surface area contributed by atoms with Crippen molar-refractivity contribution in [2.75, 3.05) is 13.7 Å². The number of carbonyl (C=O) groups excluding carboxylic acids is 1. The number of benzene rings is 1. The van der Waals surface area contributed by atoms with E-state index in [1.807, 2.05) is 0 Å². The minimum absolute atomic E-state index is 0.124. The fraction of sp³-hybridized carbons (Fsp3) is 0.467. The third-order valence-electron chi connectivity index (χ3n) is 3.88. The Kier molecular flexibility index (Phi) is 3.55. The van der Waals surface area contributed by atoms with Crippen LogP contribution in [0.1, 0.15) is 24.4 Å². The van der Waals surface area contributed by atoms with Gasteiger partial charge in [0.05, 0.1) is 13.2 Å². The number of carbonyl (C=O) groups is 2. The Morgan fingerprint density at radius 2 is 2.19 bits per heavy atom. The van der Waals surface area contributed by atoms with Crippen LogP contribution >= 0.6 is 0 Å². The van der Waals surface area contributed by atoms with Gasteiger partial charge in [-0.1, -0.05) is 12.1 Å². The van der Waals surface area contributed by atoms with Gasteiger partial charge < -0.3 is 19.5 Å². The molecule has 0 bridgehead atoms. The standard InChI is InChI=1S/C15H17NO5/c1-20-11-4-2-3-9(7-11)13-14(15(18)19)21-8-12(17)16(13)10-5-6-10/h2-4,7,10,13-14H,5-6,8H2,1H3,(H,18,19). The first-order valence-electron chi connectivity index (χ1n) is 6.91. The quantitative estimate of drug-likeness (QED) is 0.902. The molecule has 6 nitrogen and oxygen atoms in total. The van der Waals surface area contributed by atoms with E-state index < -0.39 is 18.1 Å². The summed E-state index contributed by atoms with van der Waals surface area (Å²) in [7, 11) is 1.55. The Morgan fingerprint density at radius 1 is 1.43 bits per heavy atom. The van der Waals surface area contributed by atoms with Crippen LogP contribution in [0.2, 0.25) is 0 Å². The van der Waals surface area contributed by atoms with E-state index in [1.165, 1.54) is 0 Å². The molecule has 1 aromatic rings. The molecule has 1 aliphatic heterocycles. The maximum Gasteiger partial charge on any atom is 0.335 e. The number of ether oxygens (including phenoxy) is 2. The molecule has 1 saturated carbocycles. The summed E-state index contributed by atoms with van der Waals surface area (Å²) in [4.78, 5) is 25.3. The largest absolute Gasteiger partial charge is 0.497 e. The molecule has 1 heterocycles. The molecule has 3 rings (SSSR count). The number of aliphatic carboxylic acids is 1. The van der Waals surface area contributed by atoms with E-state index in [1.54, 1.807) is 36.3 Å². The number of rotatable bonds is 4. The Morgan fingerprint density at radius 3 is 2.81 bits per heavy atom. The predicted octanol–water partition coefficient (Wildman–Crippen LogP) is 1.21. The third-order valence-corrected chi connectivity index (χ3v) is 3.88. The highest BCUT2D eigenvalue weighted by Gasteiger charge is 2.47. The summed E-state index contributed by atoms with van der Waals surface area (Å²) in [5.74, 6) is -0.575. The van der Waals surface area contributed by atoms with Gasteiger partial charge in [0.2, 0.25) is 5.91 Å². The van der Waals surface area contributed by atoms with E-state index >= 15 is 0 Å². The molecular weight excluding hydrogens is 274 g/mol. The molecular formula is C15H17NO5. The van der Waals surface area contributed by atoms with Crippen LogP contribution in [0.15, 0.2) is 24.3 Å². The lowest BCUT2D eigenvalue weighted by atomic mass is 9.97. The van der Waals surface area contributed by atoms with Crippen LogP contribution in [0.4, 0.5) is 0 Å². The number of carboxylic acid groups (broad SMARTS) is 1. The number of carboxylic acids is 1. The molecule has 2 unspecified atom stereocenters. The van der Waals surface area contributed by atoms with Gasteiger partial charge in [0, 0.05) is 6.04 Å². The second-order valence-electron chi connectivity index (χ2n) is 5.32. The van der Waals surface area contributed by atoms with Crippen LogP contribution in [0.25, 0.3) is 0 Å². The molecule has 1 amide bonds. The van der Waals surface area contributed by atoms with Gasteiger partial charge in [-0.2, -0.15) is 0 Å². The van der Waals surface area contributed by atoms with E-state index in [2.05, 4.69) is 0 Å². The monoisotopic (exact) mass is 291 g/mol. The number of amides is 1. The summed E-state index contributed by atoms with van der Waals surface area (Å²) in [5, 5.41) is 9.41. The Labute approximate surface area is 122 Å². The van der Waals surface area contributed by atoms with Crippen molar-refractivity contribution < 1.29 is 24.2 Å². The number of morpholine rings is 1. The van der Waals surface area contributed by atoms with Gasteiger partial charge >= 0.3 is 5.97 Å². The average molecular weight is 291 g/mol. The maximum absolute atomic E-state index is 12.2. The van der Waals surface area contributed by atoms with Crippen LogP contribution in [0.3, 0.4) is 0 Å². The molecule has 2 fully saturated rings. The smallest absolute Gasteiger partial charge is 0.335 e. The number of methoxy groups -OCH3 is 1. The zero-order valence-corrected chi connectivity index (χ0v) is 11.7. The zero-order chi connectivity index (χ0) is 15.0. The fourth-order valence-electron chi connectivity index (χ4n) is 2.78. The van der Waals surface area contributed by atoms with Crippen molar-refractivity contribution in [2.45, 2.75) is 31.0 Å². The summed E-state index contributed by atoms with van der Waals surface area (Å²) >= 11 is 0. The van der Waals surface area contributed by atoms with E-state index in [9.17, 15) is 14.7 Å². The van der Waals surface area contributed by atoms with Gasteiger partial charge in [0.1, 0.15) is 12.4 Å². The SMILES string of the molecule is COc1cccc(C2C(C(=O)O)OCC(=O)N2C2CC2)c1. The highest BCUT2D eigenvalue weighted by Crippen LogP contribution is 2.40. The second kappa shape index (κ2) is 5.37. The maximum atomic E-state index is 12.2. The lowest BCUT2D eigenvalue weighted by Crippen LogP contribution is -2.52. The summed E-state index contributed by atoms with van der Waals surface area (Å²) in [6.07, 6.45) is 0.785. The van der Waals surface area contributed by atoms with Crippen molar-refractivity contribution in [3.05, 3.63) is 29.8 Å². The van der Waals surface area contributed by atoms with Crippen LogP contribution in [0.5, 0.6) is 5.75 Å². The van der Waals surface area contributed by atoms with Crippen LogP contribution < -0.4 is 4.74 Å². The molecule has 0 radical (unpaired) electrons. The number of nitrogens with zero attached hydrogens (tertiary/aromatic N) is 1. The normalized spacial score (nSPS) is 25.8. The molecule has 1 aromatic carbocycles. The minimum atomic E-state index is -1.05. The second-order valence-corrected chi connectivity index (χ2v) is 5.32. The lowest BCUT2D eigenvalue weighted by Gasteiger charge is -2.39. The van der Waals surface area contributed by atoms with Crippen LogP contribution in [-0.2, 0) is 14.3 Å². The molecule has 2 atom stereocenters. The van der Waals surface area contributed by atoms with E-state index in [0.29, 0.717) is 5.75 Å². The average Bonchev–Trinajstić information content (AvgIpc) is 3.31. The zero-order valence-electron chi connectivity index (χ0n) is 11.7. The van der Waals surface area contributed by atoms with Crippen LogP contribution in [0, 0.1) is 0 Å². The molecule has 2 aliphatic rings. The topological polar surface area (TPSA) is 76.1 Å². The first-order chi connectivity index (χ1) is 10.1. The first-order valence-corrected chi connectivity index (χ1v) is 6.91. The molecule has 112 valence electrons. The van der Waals surface area contributed by atoms with Crippen molar-refractivity contribution >= 4 is 11.9 Å². The third kappa shape index (κ3) is 2.58. The number of hydrogen-bond donors (Lipinski definition) is 1. The van der Waals surface area contributed by atoms with Gasteiger partial charge in [-0.15, -0.1) is 0 Å². The molecule has 1 aliphatic carbocycles. The lowest BCUT2D eigenvalue weighted by molar-refractivity contribution is -0.174. The van der Waals surface area contributed by atoms with Crippen molar-refractivity contribution in [3.8, 4) is 5.75 Å². The Hall–Kier alpha value is -2.08. The Bertz CT molecular complexity index is 569. The van der Waals surface area contributed by atoms with Crippen molar-refractivity contribution in [2.24, 2.45) is 0 Å². The predicted molar refractivity (Wildman–Crippen MR) is 73.0 cm³/mol. The summed E-state index contributed by atoms with van der Waals surface area (Å²) < 4.78 is 10.5. The summed E-state index contributed by atoms with van der Waals surface area (Å²) in [6.45, 7) is -0.173. The molecule has 1 N–H and O–H groups in total. The van der Waals surface area contributed by atoms with Crippen molar-refractivity contribution in [3.63, 3.8) is 0 Å². The van der Waals surface area contributed by atoms with E-state index in [-0.39, 0.29) is 18.6 Å². The first kappa shape index (κ1) is 13.9. The van der Waals surface area contributed by atoms with Crippen LogP contribution in [-0.4, -0.2) is 47.7 Å². The highest BCUT2D eigenvalue weighted by atomic mass is 16.5. The van der Waals surface area contributed by atoms with Crippen molar-refractivity contribution in [1.82, 2.24) is 4.90 Å². The van der Waals surface area contributed by atoms with Gasteiger partial charge in [-0.3, -0.25) is 4.79 Å². The number of hydrogen-bond acceptors (Lipinski definition) is 4. The van der Waals surface area contributed by atoms with Gasteiger partial charge in [0.15, 0.2) is 6.10 Å². The van der Waals surface area contributed by atoms with Gasteiger partial charge in [-0.25, -0.2) is 4.79 Å². The molecule has 21 heavy (non-hydrogen) atoms. The fourth-order valence-corrected chi connectivity index (χ4v) is 2.78. The molecule has 6 heteroatoms. The van der Waals surface area contributed by atoms with Crippen molar-refractivity contribution in [1.29, 1.82) is 0 Å². The highest BCUT2D eigenvalue weighted by molar-refractivity contribution is 5.83. The van der Waals surface area contributed by atoms with Gasteiger partial charge in [-0.05, 0) is 30.5 Å². The Balaban J connectivity index is 2.01. The summed E-state index contributed by atoms with van der Waals surface area (Å²) in [6, 6.07) is 6.66.